The van der Waals surface area contributed by atoms with Crippen molar-refractivity contribution in [1.82, 2.24) is 9.88 Å². The van der Waals surface area contributed by atoms with E-state index >= 15 is 0 Å². The van der Waals surface area contributed by atoms with Crippen molar-refractivity contribution in [1.29, 1.82) is 0 Å². The van der Waals surface area contributed by atoms with Gasteiger partial charge in [-0.25, -0.2) is 9.37 Å². The number of unbranched alkanes of at least 4 members (excludes halogenated alkanes) is 1. The highest BCUT2D eigenvalue weighted by molar-refractivity contribution is 7.22. The second-order valence-electron chi connectivity index (χ2n) is 8.10. The quantitative estimate of drug-likeness (QED) is 0.344. The molecule has 1 aliphatic heterocycles. The van der Waals surface area contributed by atoms with Crippen molar-refractivity contribution in [3.63, 3.8) is 0 Å². The number of hydrogen-bond donors (Lipinski definition) is 0. The van der Waals surface area contributed by atoms with Crippen LogP contribution in [0.1, 0.15) is 36.5 Å². The fourth-order valence-corrected chi connectivity index (χ4v) is 4.76. The van der Waals surface area contributed by atoms with Crippen molar-refractivity contribution < 1.29 is 18.7 Å². The van der Waals surface area contributed by atoms with Gasteiger partial charge < -0.3 is 9.47 Å². The molecule has 0 spiro atoms. The number of fused-ring (bicyclic) bond motifs is 1. The van der Waals surface area contributed by atoms with E-state index in [1.165, 1.54) is 23.5 Å². The third-order valence-corrected chi connectivity index (χ3v) is 6.68. The molecule has 184 valence electrons. The fourth-order valence-electron chi connectivity index (χ4n) is 3.75. The van der Waals surface area contributed by atoms with Gasteiger partial charge in [-0.1, -0.05) is 24.7 Å². The Morgan fingerprint density at radius 1 is 1.18 bits per heavy atom. The first-order chi connectivity index (χ1) is 16.1. The lowest BCUT2D eigenvalue weighted by atomic mass is 10.2. The van der Waals surface area contributed by atoms with Crippen molar-refractivity contribution >= 4 is 45.0 Å². The molecule has 1 aromatic heterocycles. The molecule has 9 heteroatoms. The molecule has 0 aliphatic carbocycles. The summed E-state index contributed by atoms with van der Waals surface area (Å²) >= 11 is 1.34. The van der Waals surface area contributed by atoms with Crippen LogP contribution in [0.15, 0.2) is 42.5 Å². The molecule has 0 N–H and O–H groups in total. The van der Waals surface area contributed by atoms with Gasteiger partial charge in [0.15, 0.2) is 5.13 Å². The molecule has 3 aromatic rings. The van der Waals surface area contributed by atoms with Gasteiger partial charge in [0.2, 0.25) is 0 Å². The molecule has 1 amide bonds. The van der Waals surface area contributed by atoms with E-state index in [0.717, 1.165) is 62.6 Å². The maximum atomic E-state index is 13.7. The zero-order valence-corrected chi connectivity index (χ0v) is 21.0. The van der Waals surface area contributed by atoms with Crippen molar-refractivity contribution in [2.75, 3.05) is 50.9 Å². The molecule has 0 radical (unpaired) electrons. The number of thiazole rings is 1. The van der Waals surface area contributed by atoms with Gasteiger partial charge in [-0.3, -0.25) is 14.6 Å². The van der Waals surface area contributed by atoms with Gasteiger partial charge in [-0.05, 0) is 55.3 Å². The van der Waals surface area contributed by atoms with Crippen LogP contribution in [0.2, 0.25) is 0 Å². The van der Waals surface area contributed by atoms with E-state index in [1.54, 1.807) is 23.1 Å². The summed E-state index contributed by atoms with van der Waals surface area (Å²) in [5.41, 5.74) is 1.27. The molecule has 2 heterocycles. The maximum absolute atomic E-state index is 13.7. The summed E-state index contributed by atoms with van der Waals surface area (Å²) < 4.78 is 25.6. The fraction of sp³-hybridized carbons (Fsp3) is 0.440. The lowest BCUT2D eigenvalue weighted by Gasteiger charge is -2.27. The molecular formula is C25H31ClFN3O3S. The largest absolute Gasteiger partial charge is 0.494 e. The van der Waals surface area contributed by atoms with Crippen LogP contribution in [-0.4, -0.2) is 61.8 Å². The summed E-state index contributed by atoms with van der Waals surface area (Å²) in [6, 6.07) is 11.8. The topological polar surface area (TPSA) is 54.9 Å². The van der Waals surface area contributed by atoms with E-state index in [2.05, 4.69) is 16.8 Å². The number of nitrogens with zero attached hydrogens (tertiary/aromatic N) is 3. The molecule has 34 heavy (non-hydrogen) atoms. The van der Waals surface area contributed by atoms with Crippen LogP contribution in [0.25, 0.3) is 10.2 Å². The van der Waals surface area contributed by atoms with Crippen LogP contribution in [-0.2, 0) is 4.74 Å². The van der Waals surface area contributed by atoms with Crippen LogP contribution in [0.5, 0.6) is 5.75 Å². The summed E-state index contributed by atoms with van der Waals surface area (Å²) in [5.74, 6) is 0.340. The molecule has 4 rings (SSSR count). The molecule has 0 atom stereocenters. The summed E-state index contributed by atoms with van der Waals surface area (Å²) in [4.78, 5) is 22.2. The van der Waals surface area contributed by atoms with Crippen LogP contribution in [0, 0.1) is 5.82 Å². The van der Waals surface area contributed by atoms with Crippen molar-refractivity contribution in [2.24, 2.45) is 0 Å². The highest BCUT2D eigenvalue weighted by Crippen LogP contribution is 2.30. The molecule has 0 bridgehead atoms. The van der Waals surface area contributed by atoms with Crippen molar-refractivity contribution in [2.45, 2.75) is 26.2 Å². The number of anilines is 1. The molecular weight excluding hydrogens is 477 g/mol. The number of ether oxygens (including phenoxy) is 2. The summed E-state index contributed by atoms with van der Waals surface area (Å²) in [7, 11) is 0. The number of aromatic nitrogens is 1. The zero-order valence-electron chi connectivity index (χ0n) is 19.4. The standard InChI is InChI=1S/C25H30FN3O3S.ClH/c1-2-3-15-32-21-8-5-19(6-9-21)24(30)29(12-4-11-28-13-16-31-17-14-28)25-27-22-10-7-20(26)18-23(22)33-25;/h5-10,18H,2-4,11-17H2,1H3;1H. The first kappa shape index (κ1) is 26.3. The summed E-state index contributed by atoms with van der Waals surface area (Å²) in [6.07, 6.45) is 2.88. The Morgan fingerprint density at radius 3 is 2.68 bits per heavy atom. The number of rotatable bonds is 10. The van der Waals surface area contributed by atoms with Crippen LogP contribution in [0.3, 0.4) is 0 Å². The van der Waals surface area contributed by atoms with Gasteiger partial charge in [-0.2, -0.15) is 0 Å². The summed E-state index contributed by atoms with van der Waals surface area (Å²) in [5, 5.41) is 0.589. The minimum Gasteiger partial charge on any atom is -0.494 e. The minimum absolute atomic E-state index is 0. The van der Waals surface area contributed by atoms with Gasteiger partial charge in [0.1, 0.15) is 11.6 Å². The Labute approximate surface area is 210 Å². The number of carbonyl (C=O) groups is 1. The van der Waals surface area contributed by atoms with Gasteiger partial charge in [0, 0.05) is 31.7 Å². The van der Waals surface area contributed by atoms with Crippen molar-refractivity contribution in [3.8, 4) is 5.75 Å². The number of halogens is 2. The van der Waals surface area contributed by atoms with Gasteiger partial charge in [0.05, 0.1) is 30.0 Å². The monoisotopic (exact) mass is 507 g/mol. The third kappa shape index (κ3) is 6.88. The number of hydrogen-bond acceptors (Lipinski definition) is 6. The Bertz CT molecular complexity index is 1060. The van der Waals surface area contributed by atoms with Crippen LogP contribution >= 0.6 is 23.7 Å². The van der Waals surface area contributed by atoms with E-state index in [-0.39, 0.29) is 24.1 Å². The lowest BCUT2D eigenvalue weighted by Crippen LogP contribution is -2.39. The van der Waals surface area contributed by atoms with Crippen LogP contribution < -0.4 is 9.64 Å². The number of morpholine rings is 1. The maximum Gasteiger partial charge on any atom is 0.260 e. The Kier molecular flexibility index (Phi) is 10.1. The molecule has 2 aromatic carbocycles. The Hall–Kier alpha value is -2.26. The molecule has 0 saturated carbocycles. The average molecular weight is 508 g/mol. The summed E-state index contributed by atoms with van der Waals surface area (Å²) in [6.45, 7) is 7.53. The van der Waals surface area contributed by atoms with Gasteiger partial charge in [0.25, 0.3) is 5.91 Å². The van der Waals surface area contributed by atoms with Crippen LogP contribution in [0.4, 0.5) is 9.52 Å². The minimum atomic E-state index is -0.304. The highest BCUT2D eigenvalue weighted by atomic mass is 35.5. The van der Waals surface area contributed by atoms with Crippen molar-refractivity contribution in [3.05, 3.63) is 53.8 Å². The van der Waals surface area contributed by atoms with E-state index in [0.29, 0.717) is 29.4 Å². The third-order valence-electron chi connectivity index (χ3n) is 5.64. The van der Waals surface area contributed by atoms with Gasteiger partial charge >= 0.3 is 0 Å². The van der Waals surface area contributed by atoms with E-state index < -0.39 is 0 Å². The van der Waals surface area contributed by atoms with E-state index in [4.69, 9.17) is 9.47 Å². The predicted octanol–water partition coefficient (Wildman–Crippen LogP) is 5.41. The number of benzene rings is 2. The number of amides is 1. The first-order valence-corrected chi connectivity index (χ1v) is 12.4. The first-order valence-electron chi connectivity index (χ1n) is 11.5. The second-order valence-corrected chi connectivity index (χ2v) is 9.11. The number of carbonyl (C=O) groups excluding carboxylic acids is 1. The molecule has 0 unspecified atom stereocenters. The predicted molar refractivity (Wildman–Crippen MR) is 137 cm³/mol. The highest BCUT2D eigenvalue weighted by Gasteiger charge is 2.22. The van der Waals surface area contributed by atoms with E-state index in [1.807, 2.05) is 12.1 Å². The molecule has 6 nitrogen and oxygen atoms in total. The lowest BCUT2D eigenvalue weighted by molar-refractivity contribution is 0.0376. The van der Waals surface area contributed by atoms with E-state index in [9.17, 15) is 9.18 Å². The average Bonchev–Trinajstić information content (AvgIpc) is 3.25. The SMILES string of the molecule is CCCCOc1ccc(C(=O)N(CCCN2CCOCC2)c2nc3ccc(F)cc3s2)cc1.Cl. The zero-order chi connectivity index (χ0) is 23.0. The Morgan fingerprint density at radius 2 is 1.94 bits per heavy atom. The molecule has 1 fully saturated rings. The normalized spacial score (nSPS) is 14.1. The Balaban J connectivity index is 0.00000324. The smallest absolute Gasteiger partial charge is 0.260 e. The molecule has 1 aliphatic rings. The molecule has 1 saturated heterocycles. The second kappa shape index (κ2) is 13.0. The van der Waals surface area contributed by atoms with Gasteiger partial charge in [-0.15, -0.1) is 12.4 Å².